The van der Waals surface area contributed by atoms with Crippen molar-refractivity contribution in [3.05, 3.63) is 29.6 Å². The van der Waals surface area contributed by atoms with Crippen LogP contribution < -0.4 is 10.6 Å². The van der Waals surface area contributed by atoms with Crippen molar-refractivity contribution >= 4 is 11.8 Å². The van der Waals surface area contributed by atoms with Crippen molar-refractivity contribution in [3.63, 3.8) is 0 Å². The van der Waals surface area contributed by atoms with Crippen LogP contribution in [0.3, 0.4) is 0 Å². The maximum Gasteiger partial charge on any atom is 0.271 e. The number of pyridine rings is 1. The van der Waals surface area contributed by atoms with Crippen molar-refractivity contribution in [2.24, 2.45) is 0 Å². The highest BCUT2D eigenvalue weighted by molar-refractivity contribution is 5.98. The first-order chi connectivity index (χ1) is 10.2. The van der Waals surface area contributed by atoms with Crippen LogP contribution in [0.2, 0.25) is 0 Å². The summed E-state index contributed by atoms with van der Waals surface area (Å²) in [5.74, 6) is 4.99. The third-order valence-electron chi connectivity index (χ3n) is 3.07. The predicted molar refractivity (Wildman–Crippen MR) is 76.3 cm³/mol. The number of hydrogen-bond donors (Lipinski definition) is 3. The summed E-state index contributed by atoms with van der Waals surface area (Å²) in [6, 6.07) is 2.85. The second-order valence-corrected chi connectivity index (χ2v) is 4.63. The van der Waals surface area contributed by atoms with Gasteiger partial charge in [0.2, 0.25) is 5.91 Å². The second-order valence-electron chi connectivity index (χ2n) is 4.63. The fourth-order valence-electron chi connectivity index (χ4n) is 2.04. The lowest BCUT2D eigenvalue weighted by atomic mass is 10.1. The molecule has 6 nitrogen and oxygen atoms in total. The molecule has 0 bridgehead atoms. The van der Waals surface area contributed by atoms with Gasteiger partial charge in [0, 0.05) is 19.2 Å². The van der Waals surface area contributed by atoms with Crippen molar-refractivity contribution in [1.29, 1.82) is 0 Å². The molecule has 2 rings (SSSR count). The average molecular weight is 287 g/mol. The number of rotatable bonds is 3. The second kappa shape index (κ2) is 7.41. The minimum Gasteiger partial charge on any atom is -0.395 e. The molecule has 0 radical (unpaired) electrons. The summed E-state index contributed by atoms with van der Waals surface area (Å²) in [7, 11) is 0. The van der Waals surface area contributed by atoms with Crippen molar-refractivity contribution in [2.45, 2.75) is 25.3 Å². The number of aliphatic hydroxyl groups excluding tert-OH is 1. The number of carbonyl (C=O) groups is 2. The van der Waals surface area contributed by atoms with E-state index < -0.39 is 11.9 Å². The first kappa shape index (κ1) is 15.0. The van der Waals surface area contributed by atoms with Gasteiger partial charge >= 0.3 is 0 Å². The Morgan fingerprint density at radius 3 is 3.19 bits per heavy atom. The molecule has 0 spiro atoms. The molecule has 3 N–H and O–H groups in total. The molecule has 1 unspecified atom stereocenters. The number of nitrogens with zero attached hydrogens (tertiary/aromatic N) is 1. The van der Waals surface area contributed by atoms with Crippen LogP contribution in [0.1, 0.15) is 35.3 Å². The third kappa shape index (κ3) is 4.04. The molecule has 6 heteroatoms. The van der Waals surface area contributed by atoms with Gasteiger partial charge in [-0.05, 0) is 25.0 Å². The Balaban J connectivity index is 2.12. The van der Waals surface area contributed by atoms with Crippen molar-refractivity contribution in [2.75, 3.05) is 13.2 Å². The highest BCUT2D eigenvalue weighted by Gasteiger charge is 2.25. The third-order valence-corrected chi connectivity index (χ3v) is 3.07. The van der Waals surface area contributed by atoms with Crippen molar-refractivity contribution in [1.82, 2.24) is 15.6 Å². The molecule has 0 saturated carbocycles. The predicted octanol–water partition coefficient (Wildman–Crippen LogP) is -0.176. The monoisotopic (exact) mass is 287 g/mol. The molecule has 1 fully saturated rings. The molecule has 1 saturated heterocycles. The minimum atomic E-state index is -0.522. The summed E-state index contributed by atoms with van der Waals surface area (Å²) in [6.07, 6.45) is 3.30. The van der Waals surface area contributed by atoms with Crippen LogP contribution in [0.15, 0.2) is 18.3 Å². The van der Waals surface area contributed by atoms with E-state index in [-0.39, 0.29) is 18.2 Å². The summed E-state index contributed by atoms with van der Waals surface area (Å²) in [5, 5.41) is 14.1. The summed E-state index contributed by atoms with van der Waals surface area (Å²) < 4.78 is 0. The van der Waals surface area contributed by atoms with Gasteiger partial charge in [0.15, 0.2) is 0 Å². The van der Waals surface area contributed by atoms with Gasteiger partial charge in [0.25, 0.3) is 5.91 Å². The van der Waals surface area contributed by atoms with Crippen LogP contribution in [-0.4, -0.2) is 41.1 Å². The van der Waals surface area contributed by atoms with Crippen LogP contribution in [-0.2, 0) is 4.79 Å². The Morgan fingerprint density at radius 1 is 1.57 bits per heavy atom. The first-order valence-electron chi connectivity index (χ1n) is 6.85. The van der Waals surface area contributed by atoms with E-state index in [0.29, 0.717) is 24.9 Å². The molecule has 1 atom stereocenters. The van der Waals surface area contributed by atoms with Gasteiger partial charge < -0.3 is 15.7 Å². The average Bonchev–Trinajstić information content (AvgIpc) is 2.50. The maximum absolute atomic E-state index is 12.2. The van der Waals surface area contributed by atoms with Gasteiger partial charge in [-0.1, -0.05) is 11.8 Å². The highest BCUT2D eigenvalue weighted by Crippen LogP contribution is 2.07. The normalized spacial score (nSPS) is 17.4. The van der Waals surface area contributed by atoms with Gasteiger partial charge in [0.1, 0.15) is 11.7 Å². The number of aliphatic hydroxyl groups is 1. The van der Waals surface area contributed by atoms with Gasteiger partial charge in [-0.2, -0.15) is 0 Å². The Hall–Kier alpha value is -2.39. The lowest BCUT2D eigenvalue weighted by Crippen LogP contribution is -2.50. The van der Waals surface area contributed by atoms with E-state index in [9.17, 15) is 9.59 Å². The van der Waals surface area contributed by atoms with E-state index in [1.165, 1.54) is 6.20 Å². The number of hydrogen-bond acceptors (Lipinski definition) is 4. The molecular weight excluding hydrogens is 270 g/mol. The number of amides is 2. The van der Waals surface area contributed by atoms with Crippen molar-refractivity contribution in [3.8, 4) is 11.8 Å². The molecule has 1 aromatic heterocycles. The highest BCUT2D eigenvalue weighted by atomic mass is 16.2. The summed E-state index contributed by atoms with van der Waals surface area (Å²) >= 11 is 0. The first-order valence-corrected chi connectivity index (χ1v) is 6.85. The molecule has 1 aromatic rings. The fraction of sp³-hybridized carbons (Fsp3) is 0.400. The van der Waals surface area contributed by atoms with Gasteiger partial charge in [-0.15, -0.1) is 0 Å². The molecule has 21 heavy (non-hydrogen) atoms. The quantitative estimate of drug-likeness (QED) is 0.673. The number of nitrogens with one attached hydrogen (secondary N) is 2. The van der Waals surface area contributed by atoms with E-state index in [0.717, 1.165) is 6.42 Å². The molecule has 110 valence electrons. The van der Waals surface area contributed by atoms with Crippen LogP contribution in [0.4, 0.5) is 0 Å². The van der Waals surface area contributed by atoms with E-state index in [1.807, 2.05) is 0 Å². The topological polar surface area (TPSA) is 91.3 Å². The van der Waals surface area contributed by atoms with E-state index in [2.05, 4.69) is 27.5 Å². The van der Waals surface area contributed by atoms with Gasteiger partial charge in [-0.25, -0.2) is 4.98 Å². The number of carbonyl (C=O) groups excluding carboxylic acids is 2. The van der Waals surface area contributed by atoms with E-state index in [4.69, 9.17) is 5.11 Å². The SMILES string of the molecule is O=C(NC1CCCNC1=O)c1ncccc1C#CCCO. The number of piperidine rings is 1. The zero-order valence-electron chi connectivity index (χ0n) is 11.6. The lowest BCUT2D eigenvalue weighted by Gasteiger charge is -2.22. The van der Waals surface area contributed by atoms with Crippen LogP contribution in [0.5, 0.6) is 0 Å². The summed E-state index contributed by atoms with van der Waals surface area (Å²) in [4.78, 5) is 27.9. The van der Waals surface area contributed by atoms with Crippen molar-refractivity contribution < 1.29 is 14.7 Å². The molecule has 1 aliphatic rings. The Morgan fingerprint density at radius 2 is 2.43 bits per heavy atom. The molecular formula is C15H17N3O3. The van der Waals surface area contributed by atoms with Gasteiger partial charge in [0.05, 0.1) is 12.2 Å². The van der Waals surface area contributed by atoms with Crippen LogP contribution >= 0.6 is 0 Å². The molecule has 1 aliphatic heterocycles. The Labute approximate surface area is 123 Å². The van der Waals surface area contributed by atoms with Crippen LogP contribution in [0.25, 0.3) is 0 Å². The van der Waals surface area contributed by atoms with E-state index >= 15 is 0 Å². The maximum atomic E-state index is 12.2. The summed E-state index contributed by atoms with van der Waals surface area (Å²) in [6.45, 7) is 0.615. The Bertz CT molecular complexity index is 589. The van der Waals surface area contributed by atoms with Crippen LogP contribution in [0, 0.1) is 11.8 Å². The minimum absolute atomic E-state index is 0.0307. The van der Waals surface area contributed by atoms with E-state index in [1.54, 1.807) is 12.1 Å². The molecule has 2 heterocycles. The largest absolute Gasteiger partial charge is 0.395 e. The molecule has 0 aromatic carbocycles. The summed E-state index contributed by atoms with van der Waals surface area (Å²) in [5.41, 5.74) is 0.681. The zero-order valence-corrected chi connectivity index (χ0v) is 11.6. The molecule has 0 aliphatic carbocycles. The standard InChI is InChI=1S/C15H17N3O3/c19-10-2-1-5-11-6-3-8-16-13(11)15(21)18-12-7-4-9-17-14(12)20/h3,6,8,12,19H,2,4,7,9-10H2,(H,17,20)(H,18,21). The van der Waals surface area contributed by atoms with Gasteiger partial charge in [-0.3, -0.25) is 9.59 Å². The lowest BCUT2D eigenvalue weighted by molar-refractivity contribution is -0.124. The zero-order chi connectivity index (χ0) is 15.1. The smallest absolute Gasteiger partial charge is 0.271 e. The molecule has 2 amide bonds. The fourth-order valence-corrected chi connectivity index (χ4v) is 2.04. The number of aromatic nitrogens is 1. The Kier molecular flexibility index (Phi) is 5.29.